The van der Waals surface area contributed by atoms with Crippen molar-refractivity contribution in [2.75, 3.05) is 13.2 Å². The second-order valence-corrected chi connectivity index (χ2v) is 6.91. The number of carbonyl (C=O) groups excluding carboxylic acids is 1. The smallest absolute Gasteiger partial charge is 0.223 e. The van der Waals surface area contributed by atoms with Gasteiger partial charge in [-0.3, -0.25) is 4.79 Å². The maximum atomic E-state index is 13.4. The monoisotopic (exact) mass is 409 g/mol. The highest BCUT2D eigenvalue weighted by atomic mass is 19.1. The van der Waals surface area contributed by atoms with Crippen LogP contribution in [0.15, 0.2) is 55.1 Å². The van der Waals surface area contributed by atoms with E-state index in [9.17, 15) is 19.4 Å². The van der Waals surface area contributed by atoms with E-state index in [1.807, 2.05) is 6.07 Å². The standard InChI is InChI=1S/C21H20FN5O3/c22-15-4-1-13(2-5-15)20-21(27(12-25-20)17(10-28)11-29)14-3-6-19-24-8-16(7-18(23)30)26(19)9-14/h1-6,8-9,12,17,28-29H,7,10-11H2,(H2,23,30). The topological polar surface area (TPSA) is 119 Å². The first kappa shape index (κ1) is 19.7. The first-order valence-corrected chi connectivity index (χ1v) is 9.31. The van der Waals surface area contributed by atoms with E-state index in [1.54, 1.807) is 39.6 Å². The molecule has 0 unspecified atom stereocenters. The van der Waals surface area contributed by atoms with Crippen LogP contribution >= 0.6 is 0 Å². The second kappa shape index (κ2) is 8.05. The Hall–Kier alpha value is -3.56. The Morgan fingerprint density at radius 2 is 1.77 bits per heavy atom. The van der Waals surface area contributed by atoms with Crippen molar-refractivity contribution in [2.24, 2.45) is 5.73 Å². The fourth-order valence-electron chi connectivity index (χ4n) is 3.46. The maximum Gasteiger partial charge on any atom is 0.223 e. The lowest BCUT2D eigenvalue weighted by Gasteiger charge is -2.18. The molecule has 4 rings (SSSR count). The maximum absolute atomic E-state index is 13.4. The van der Waals surface area contributed by atoms with Gasteiger partial charge in [0.2, 0.25) is 5.91 Å². The molecule has 3 heterocycles. The van der Waals surface area contributed by atoms with E-state index in [0.717, 1.165) is 5.56 Å². The molecular weight excluding hydrogens is 389 g/mol. The fraction of sp³-hybridized carbons (Fsp3) is 0.190. The number of pyridine rings is 1. The highest BCUT2D eigenvalue weighted by Crippen LogP contribution is 2.33. The van der Waals surface area contributed by atoms with Crippen LogP contribution in [0, 0.1) is 5.82 Å². The minimum absolute atomic E-state index is 0.0323. The van der Waals surface area contributed by atoms with Gasteiger partial charge in [-0.15, -0.1) is 0 Å². The summed E-state index contributed by atoms with van der Waals surface area (Å²) in [7, 11) is 0. The van der Waals surface area contributed by atoms with Gasteiger partial charge >= 0.3 is 0 Å². The zero-order chi connectivity index (χ0) is 21.3. The molecule has 4 aromatic rings. The molecule has 0 saturated heterocycles. The number of nitrogens with zero attached hydrogens (tertiary/aromatic N) is 4. The molecule has 0 radical (unpaired) electrons. The number of amides is 1. The van der Waals surface area contributed by atoms with E-state index < -0.39 is 11.9 Å². The Kier molecular flexibility index (Phi) is 5.30. The number of rotatable bonds is 7. The Morgan fingerprint density at radius 1 is 1.07 bits per heavy atom. The van der Waals surface area contributed by atoms with Crippen molar-refractivity contribution in [1.82, 2.24) is 18.9 Å². The molecular formula is C21H20FN5O3. The summed E-state index contributed by atoms with van der Waals surface area (Å²) < 4.78 is 16.9. The number of fused-ring (bicyclic) bond motifs is 1. The van der Waals surface area contributed by atoms with Crippen molar-refractivity contribution in [2.45, 2.75) is 12.5 Å². The number of imidazole rings is 2. The third-order valence-electron chi connectivity index (χ3n) is 4.94. The summed E-state index contributed by atoms with van der Waals surface area (Å²) in [5.74, 6) is -0.834. The van der Waals surface area contributed by atoms with Crippen molar-refractivity contribution in [3.05, 3.63) is 66.6 Å². The summed E-state index contributed by atoms with van der Waals surface area (Å²) in [5, 5.41) is 19.4. The zero-order valence-electron chi connectivity index (χ0n) is 15.9. The van der Waals surface area contributed by atoms with Crippen LogP contribution < -0.4 is 5.73 Å². The highest BCUT2D eigenvalue weighted by Gasteiger charge is 2.21. The van der Waals surface area contributed by atoms with Gasteiger partial charge in [0.25, 0.3) is 0 Å². The van der Waals surface area contributed by atoms with Gasteiger partial charge < -0.3 is 24.9 Å². The van der Waals surface area contributed by atoms with Crippen LogP contribution in [-0.4, -0.2) is 48.3 Å². The molecule has 0 bridgehead atoms. The Morgan fingerprint density at radius 3 is 2.43 bits per heavy atom. The van der Waals surface area contributed by atoms with Gasteiger partial charge in [-0.05, 0) is 36.4 Å². The number of benzene rings is 1. The summed E-state index contributed by atoms with van der Waals surface area (Å²) in [6, 6.07) is 8.95. The summed E-state index contributed by atoms with van der Waals surface area (Å²) in [5.41, 5.74) is 9.22. The van der Waals surface area contributed by atoms with E-state index in [4.69, 9.17) is 5.73 Å². The summed E-state index contributed by atoms with van der Waals surface area (Å²) in [6.07, 6.45) is 4.96. The molecule has 0 aliphatic heterocycles. The van der Waals surface area contributed by atoms with E-state index in [1.165, 1.54) is 18.5 Å². The van der Waals surface area contributed by atoms with Gasteiger partial charge in [0, 0.05) is 23.5 Å². The van der Waals surface area contributed by atoms with Crippen molar-refractivity contribution in [1.29, 1.82) is 0 Å². The molecule has 0 spiro atoms. The third kappa shape index (κ3) is 3.56. The minimum Gasteiger partial charge on any atom is -0.394 e. The largest absolute Gasteiger partial charge is 0.394 e. The SMILES string of the molecule is NC(=O)Cc1cnc2ccc(-c3c(-c4ccc(F)cc4)ncn3C(CO)CO)cn12. The van der Waals surface area contributed by atoms with Crippen LogP contribution in [0.3, 0.4) is 0 Å². The fourth-order valence-corrected chi connectivity index (χ4v) is 3.46. The van der Waals surface area contributed by atoms with E-state index in [0.29, 0.717) is 28.3 Å². The molecule has 4 N–H and O–H groups in total. The number of aromatic nitrogens is 4. The first-order valence-electron chi connectivity index (χ1n) is 9.31. The zero-order valence-corrected chi connectivity index (χ0v) is 15.9. The molecule has 0 aliphatic carbocycles. The van der Waals surface area contributed by atoms with Gasteiger partial charge in [-0.2, -0.15) is 0 Å². The number of halogens is 1. The predicted octanol–water partition coefficient (Wildman–Crippen LogP) is 1.56. The predicted molar refractivity (Wildman–Crippen MR) is 108 cm³/mol. The molecule has 30 heavy (non-hydrogen) atoms. The molecule has 0 aliphatic rings. The Labute approximate surface area is 171 Å². The van der Waals surface area contributed by atoms with Gasteiger partial charge in [0.05, 0.1) is 49.1 Å². The average molecular weight is 409 g/mol. The molecule has 0 atom stereocenters. The molecule has 1 aromatic carbocycles. The molecule has 3 aromatic heterocycles. The van der Waals surface area contributed by atoms with Crippen LogP contribution in [0.1, 0.15) is 11.7 Å². The molecule has 0 fully saturated rings. The van der Waals surface area contributed by atoms with Crippen LogP contribution in [0.25, 0.3) is 28.2 Å². The average Bonchev–Trinajstić information content (AvgIpc) is 3.34. The van der Waals surface area contributed by atoms with E-state index in [-0.39, 0.29) is 25.5 Å². The molecule has 1 amide bonds. The van der Waals surface area contributed by atoms with Gasteiger partial charge in [-0.1, -0.05) is 0 Å². The Balaban J connectivity index is 1.92. The molecule has 9 heteroatoms. The minimum atomic E-state index is -0.606. The molecule has 0 saturated carbocycles. The third-order valence-corrected chi connectivity index (χ3v) is 4.94. The van der Waals surface area contributed by atoms with Crippen molar-refractivity contribution >= 4 is 11.6 Å². The number of nitrogens with two attached hydrogens (primary N) is 1. The highest BCUT2D eigenvalue weighted by molar-refractivity contribution is 5.79. The van der Waals surface area contributed by atoms with Crippen LogP contribution in [0.5, 0.6) is 0 Å². The lowest BCUT2D eigenvalue weighted by Crippen LogP contribution is -2.17. The van der Waals surface area contributed by atoms with Crippen LogP contribution in [-0.2, 0) is 11.2 Å². The number of aliphatic hydroxyl groups is 2. The van der Waals surface area contributed by atoms with Crippen molar-refractivity contribution in [3.8, 4) is 22.5 Å². The molecule has 8 nitrogen and oxygen atoms in total. The van der Waals surface area contributed by atoms with E-state index >= 15 is 0 Å². The van der Waals surface area contributed by atoms with Crippen LogP contribution in [0.2, 0.25) is 0 Å². The summed E-state index contributed by atoms with van der Waals surface area (Å²) in [6.45, 7) is -0.577. The summed E-state index contributed by atoms with van der Waals surface area (Å²) >= 11 is 0. The summed E-state index contributed by atoms with van der Waals surface area (Å²) in [4.78, 5) is 20.1. The first-order chi connectivity index (χ1) is 14.5. The van der Waals surface area contributed by atoms with Crippen molar-refractivity contribution in [3.63, 3.8) is 0 Å². The van der Waals surface area contributed by atoms with Crippen molar-refractivity contribution < 1.29 is 19.4 Å². The molecule has 154 valence electrons. The number of hydrogen-bond donors (Lipinski definition) is 3. The quantitative estimate of drug-likeness (QED) is 0.428. The van der Waals surface area contributed by atoms with E-state index in [2.05, 4.69) is 9.97 Å². The number of carbonyl (C=O) groups is 1. The normalized spacial score (nSPS) is 11.5. The van der Waals surface area contributed by atoms with Crippen LogP contribution in [0.4, 0.5) is 4.39 Å². The number of aliphatic hydroxyl groups excluding tert-OH is 2. The number of hydrogen-bond acceptors (Lipinski definition) is 5. The van der Waals surface area contributed by atoms with Gasteiger partial charge in [-0.25, -0.2) is 14.4 Å². The van der Waals surface area contributed by atoms with Gasteiger partial charge in [0.15, 0.2) is 0 Å². The lowest BCUT2D eigenvalue weighted by molar-refractivity contribution is -0.117. The Bertz CT molecular complexity index is 1200. The number of primary amides is 1. The second-order valence-electron chi connectivity index (χ2n) is 6.91. The van der Waals surface area contributed by atoms with Gasteiger partial charge in [0.1, 0.15) is 11.5 Å². The lowest BCUT2D eigenvalue weighted by atomic mass is 10.1.